The molecular weight excluding hydrogens is 400 g/mol. The quantitative estimate of drug-likeness (QED) is 0.583. The number of hydrogen-bond donors (Lipinski definition) is 3. The number of rotatable bonds is 4. The van der Waals surface area contributed by atoms with E-state index >= 15 is 0 Å². The molecule has 4 unspecified atom stereocenters. The van der Waals surface area contributed by atoms with Crippen molar-refractivity contribution in [2.75, 3.05) is 0 Å². The fourth-order valence-electron chi connectivity index (χ4n) is 8.41. The Kier molecular flexibility index (Phi) is 4.08. The summed E-state index contributed by atoms with van der Waals surface area (Å²) in [6.45, 7) is 5.92. The monoisotopic (exact) mass is 432 g/mol. The Morgan fingerprint density at radius 2 is 1.90 bits per heavy atom. The molecule has 8 atom stereocenters. The third-order valence-corrected chi connectivity index (χ3v) is 10.2. The molecule has 170 valence electrons. The van der Waals surface area contributed by atoms with Gasteiger partial charge < -0.3 is 20.1 Å². The van der Waals surface area contributed by atoms with Gasteiger partial charge in [-0.05, 0) is 57.4 Å². The van der Waals surface area contributed by atoms with Crippen LogP contribution < -0.4 is 0 Å². The molecule has 0 aromatic rings. The van der Waals surface area contributed by atoms with E-state index in [9.17, 15) is 29.7 Å². The highest BCUT2D eigenvalue weighted by Gasteiger charge is 2.84. The minimum atomic E-state index is -1.15. The van der Waals surface area contributed by atoms with Gasteiger partial charge in [0.15, 0.2) is 5.78 Å². The van der Waals surface area contributed by atoms with E-state index in [0.717, 1.165) is 5.57 Å². The highest BCUT2D eigenvalue weighted by Crippen LogP contribution is 2.79. The molecular formula is C24H32O7. The van der Waals surface area contributed by atoms with Crippen molar-refractivity contribution in [3.05, 3.63) is 11.6 Å². The number of ether oxygens (including phenoxy) is 1. The maximum absolute atomic E-state index is 12.7. The highest BCUT2D eigenvalue weighted by atomic mass is 16.6. The standard InChI is InChI=1S/C24H32O7/c1-20(19(28)29)11-13-10-14(25)4-7-21(13,2)24-16(31-24)12-22(3)15(18(20)24)5-8-23(22,30)9-6-17(26)27/h10,15-16,18,30H,4-9,11-12H2,1-3H3,(H,26,27)(H,28,29)/t15?,16-,18?,20?,21-,22-,23+,24?/m0/s1. The van der Waals surface area contributed by atoms with E-state index in [1.54, 1.807) is 13.0 Å². The maximum Gasteiger partial charge on any atom is 0.310 e. The Bertz CT molecular complexity index is 925. The Morgan fingerprint density at radius 1 is 1.19 bits per heavy atom. The normalized spacial score (nSPS) is 52.3. The van der Waals surface area contributed by atoms with Crippen LogP contribution in [0.15, 0.2) is 11.6 Å². The van der Waals surface area contributed by atoms with Crippen LogP contribution in [0.2, 0.25) is 0 Å². The fraction of sp³-hybridized carbons (Fsp3) is 0.792. The van der Waals surface area contributed by atoms with Crippen LogP contribution in [0.4, 0.5) is 0 Å². The van der Waals surface area contributed by atoms with E-state index in [4.69, 9.17) is 4.74 Å². The van der Waals surface area contributed by atoms with E-state index in [1.807, 2.05) is 6.92 Å². The molecule has 0 radical (unpaired) electrons. The van der Waals surface area contributed by atoms with E-state index in [-0.39, 0.29) is 42.0 Å². The molecule has 7 heteroatoms. The molecule has 0 amide bonds. The van der Waals surface area contributed by atoms with E-state index in [1.165, 1.54) is 0 Å². The number of carbonyl (C=O) groups excluding carboxylic acids is 1. The Balaban J connectivity index is 1.63. The molecule has 1 saturated heterocycles. The zero-order valence-electron chi connectivity index (χ0n) is 18.4. The van der Waals surface area contributed by atoms with Gasteiger partial charge >= 0.3 is 11.9 Å². The van der Waals surface area contributed by atoms with Gasteiger partial charge in [-0.3, -0.25) is 14.4 Å². The molecule has 0 aromatic carbocycles. The van der Waals surface area contributed by atoms with Gasteiger partial charge in [0.2, 0.25) is 0 Å². The van der Waals surface area contributed by atoms with Crippen molar-refractivity contribution in [3.8, 4) is 0 Å². The van der Waals surface area contributed by atoms with E-state index in [0.29, 0.717) is 38.5 Å². The molecule has 1 aliphatic heterocycles. The molecule has 0 aromatic heterocycles. The molecule has 31 heavy (non-hydrogen) atoms. The summed E-state index contributed by atoms with van der Waals surface area (Å²) < 4.78 is 6.50. The predicted molar refractivity (Wildman–Crippen MR) is 109 cm³/mol. The van der Waals surface area contributed by atoms with Crippen molar-refractivity contribution < 1.29 is 34.4 Å². The largest absolute Gasteiger partial charge is 0.481 e. The molecule has 0 bridgehead atoms. The molecule has 4 fully saturated rings. The summed E-state index contributed by atoms with van der Waals surface area (Å²) in [7, 11) is 0. The molecule has 7 nitrogen and oxygen atoms in total. The van der Waals surface area contributed by atoms with Crippen LogP contribution in [0, 0.1) is 28.1 Å². The maximum atomic E-state index is 12.7. The second-order valence-corrected chi connectivity index (χ2v) is 11.4. The van der Waals surface area contributed by atoms with Crippen molar-refractivity contribution in [1.29, 1.82) is 0 Å². The first-order chi connectivity index (χ1) is 14.3. The summed E-state index contributed by atoms with van der Waals surface area (Å²) in [6, 6.07) is 0. The molecule has 1 heterocycles. The lowest BCUT2D eigenvalue weighted by Gasteiger charge is -2.61. The SMILES string of the molecule is CC1(C(=O)O)CC2=CC(=O)CC[C@]2(C)C23O[C@H]2C[C@@]2(C)C(CC[C@@]2(O)CCC(=O)O)C13. The third kappa shape index (κ3) is 2.34. The summed E-state index contributed by atoms with van der Waals surface area (Å²) in [5, 5.41) is 31.3. The summed E-state index contributed by atoms with van der Waals surface area (Å²) in [5.74, 6) is -2.15. The van der Waals surface area contributed by atoms with Crippen LogP contribution >= 0.6 is 0 Å². The summed E-state index contributed by atoms with van der Waals surface area (Å²) in [6.07, 6.45) is 4.69. The fourth-order valence-corrected chi connectivity index (χ4v) is 8.41. The van der Waals surface area contributed by atoms with Gasteiger partial charge in [0.1, 0.15) is 5.60 Å². The lowest BCUT2D eigenvalue weighted by molar-refractivity contribution is -0.176. The van der Waals surface area contributed by atoms with Gasteiger partial charge in [-0.1, -0.05) is 19.4 Å². The van der Waals surface area contributed by atoms with Crippen LogP contribution in [0.5, 0.6) is 0 Å². The number of aliphatic carboxylic acids is 2. The van der Waals surface area contributed by atoms with E-state index in [2.05, 4.69) is 6.92 Å². The Labute approximate surface area is 181 Å². The first-order valence-electron chi connectivity index (χ1n) is 11.4. The topological polar surface area (TPSA) is 124 Å². The number of ketones is 1. The van der Waals surface area contributed by atoms with E-state index < -0.39 is 34.0 Å². The number of hydrogen-bond acceptors (Lipinski definition) is 5. The molecule has 3 saturated carbocycles. The van der Waals surface area contributed by atoms with Gasteiger partial charge in [0, 0.05) is 29.6 Å². The van der Waals surface area contributed by atoms with Crippen LogP contribution in [0.25, 0.3) is 0 Å². The van der Waals surface area contributed by atoms with Crippen LogP contribution in [0.3, 0.4) is 0 Å². The zero-order chi connectivity index (χ0) is 22.6. The molecule has 4 aliphatic carbocycles. The van der Waals surface area contributed by atoms with Gasteiger partial charge in [-0.2, -0.15) is 0 Å². The Morgan fingerprint density at radius 3 is 2.55 bits per heavy atom. The van der Waals surface area contributed by atoms with Crippen LogP contribution in [0.1, 0.15) is 72.1 Å². The molecule has 3 N–H and O–H groups in total. The molecule has 5 rings (SSSR count). The number of carboxylic acids is 2. The molecule has 5 aliphatic rings. The number of fused-ring (bicyclic) bond motifs is 3. The number of epoxide rings is 1. The lowest BCUT2D eigenvalue weighted by Crippen LogP contribution is -2.66. The first-order valence-corrected chi connectivity index (χ1v) is 11.4. The van der Waals surface area contributed by atoms with Crippen molar-refractivity contribution in [1.82, 2.24) is 0 Å². The van der Waals surface area contributed by atoms with Crippen molar-refractivity contribution >= 4 is 17.7 Å². The van der Waals surface area contributed by atoms with Crippen molar-refractivity contribution in [3.63, 3.8) is 0 Å². The minimum absolute atomic E-state index is 0.0526. The predicted octanol–water partition coefficient (Wildman–Crippen LogP) is 2.95. The second kappa shape index (κ2) is 5.98. The number of carbonyl (C=O) groups is 3. The number of carboxylic acid groups (broad SMARTS) is 2. The average molecular weight is 433 g/mol. The number of aliphatic hydroxyl groups is 1. The lowest BCUT2D eigenvalue weighted by atomic mass is 9.40. The van der Waals surface area contributed by atoms with Gasteiger partial charge in [0.25, 0.3) is 0 Å². The van der Waals surface area contributed by atoms with Gasteiger partial charge in [0.05, 0.1) is 17.1 Å². The van der Waals surface area contributed by atoms with Crippen LogP contribution in [-0.4, -0.2) is 50.3 Å². The Hall–Kier alpha value is -1.73. The third-order valence-electron chi connectivity index (χ3n) is 10.2. The summed E-state index contributed by atoms with van der Waals surface area (Å²) in [5.41, 5.74) is -2.97. The van der Waals surface area contributed by atoms with Crippen molar-refractivity contribution in [2.24, 2.45) is 28.1 Å². The molecule has 1 spiro atoms. The average Bonchev–Trinajstić information content (AvgIpc) is 3.34. The smallest absolute Gasteiger partial charge is 0.310 e. The summed E-state index contributed by atoms with van der Waals surface area (Å²) >= 11 is 0. The second-order valence-electron chi connectivity index (χ2n) is 11.4. The summed E-state index contributed by atoms with van der Waals surface area (Å²) in [4.78, 5) is 36.2. The minimum Gasteiger partial charge on any atom is -0.481 e. The zero-order valence-corrected chi connectivity index (χ0v) is 18.4. The van der Waals surface area contributed by atoms with Gasteiger partial charge in [-0.15, -0.1) is 0 Å². The van der Waals surface area contributed by atoms with Crippen molar-refractivity contribution in [2.45, 2.75) is 89.4 Å². The highest BCUT2D eigenvalue weighted by molar-refractivity contribution is 5.92. The first kappa shape index (κ1) is 21.1. The van der Waals surface area contributed by atoms with Crippen LogP contribution in [-0.2, 0) is 19.1 Å². The van der Waals surface area contributed by atoms with Gasteiger partial charge in [-0.25, -0.2) is 0 Å².